The van der Waals surface area contributed by atoms with Crippen molar-refractivity contribution < 1.29 is 4.79 Å². The average Bonchev–Trinajstić information content (AvgIpc) is 3.24. The Labute approximate surface area is 152 Å². The van der Waals surface area contributed by atoms with Crippen molar-refractivity contribution >= 4 is 29.7 Å². The number of aromatic nitrogens is 3. The second-order valence-electron chi connectivity index (χ2n) is 6.17. The number of nitrogens with one attached hydrogen (secondary N) is 1. The average molecular weight is 370 g/mol. The number of hydrogen-bond acceptors (Lipinski definition) is 5. The summed E-state index contributed by atoms with van der Waals surface area (Å²) in [5, 5.41) is 13.7. The van der Waals surface area contributed by atoms with Crippen LogP contribution in [0.3, 0.4) is 0 Å². The first-order chi connectivity index (χ1) is 11.1. The third-order valence-electron chi connectivity index (χ3n) is 4.20. The number of hydrogen-bond donors (Lipinski definition) is 1. The lowest BCUT2D eigenvalue weighted by atomic mass is 10.1. The van der Waals surface area contributed by atoms with Gasteiger partial charge in [-0.05, 0) is 51.2 Å². The minimum absolute atomic E-state index is 0. The fraction of sp³-hybridized carbons (Fsp3) is 0.562. The minimum atomic E-state index is -0.0476. The molecule has 1 aliphatic heterocycles. The number of piperidine rings is 1. The Morgan fingerprint density at radius 3 is 2.83 bits per heavy atom. The summed E-state index contributed by atoms with van der Waals surface area (Å²) in [5.41, 5.74) is 0.439. The van der Waals surface area contributed by atoms with Gasteiger partial charge in [0.05, 0.1) is 18.8 Å². The van der Waals surface area contributed by atoms with Crippen molar-refractivity contribution in [2.45, 2.75) is 45.3 Å². The SMILES string of the molecule is CC(C)N(Cc1cccs1)C(=O)c1cn(C2CCNCC2)nn1.Cl. The van der Waals surface area contributed by atoms with Crippen molar-refractivity contribution in [3.05, 3.63) is 34.3 Å². The Bertz CT molecular complexity index is 637. The number of rotatable bonds is 5. The Balaban J connectivity index is 0.00000208. The second kappa shape index (κ2) is 8.60. The van der Waals surface area contributed by atoms with Gasteiger partial charge in [0.2, 0.25) is 0 Å². The van der Waals surface area contributed by atoms with Gasteiger partial charge in [0.25, 0.3) is 5.91 Å². The van der Waals surface area contributed by atoms with Gasteiger partial charge in [-0.2, -0.15) is 0 Å². The van der Waals surface area contributed by atoms with Crippen molar-refractivity contribution in [1.29, 1.82) is 0 Å². The number of carbonyl (C=O) groups excluding carboxylic acids is 1. The molecule has 0 atom stereocenters. The van der Waals surface area contributed by atoms with Gasteiger partial charge in [0.15, 0.2) is 5.69 Å². The van der Waals surface area contributed by atoms with Crippen LogP contribution in [-0.4, -0.2) is 44.9 Å². The molecule has 0 radical (unpaired) electrons. The molecule has 1 saturated heterocycles. The van der Waals surface area contributed by atoms with Gasteiger partial charge in [-0.15, -0.1) is 28.8 Å². The third-order valence-corrected chi connectivity index (χ3v) is 5.06. The van der Waals surface area contributed by atoms with Crippen LogP contribution in [0.25, 0.3) is 0 Å². The predicted octanol–water partition coefficient (Wildman–Crippen LogP) is 2.74. The molecule has 0 aliphatic carbocycles. The fourth-order valence-corrected chi connectivity index (χ4v) is 3.53. The molecule has 1 N–H and O–H groups in total. The van der Waals surface area contributed by atoms with Crippen LogP contribution in [0.2, 0.25) is 0 Å². The molecular formula is C16H24ClN5OS. The summed E-state index contributed by atoms with van der Waals surface area (Å²) in [6, 6.07) is 4.53. The van der Waals surface area contributed by atoms with Gasteiger partial charge < -0.3 is 10.2 Å². The Hall–Kier alpha value is -1.44. The van der Waals surface area contributed by atoms with Gasteiger partial charge in [-0.25, -0.2) is 4.68 Å². The van der Waals surface area contributed by atoms with Crippen molar-refractivity contribution in [3.63, 3.8) is 0 Å². The quantitative estimate of drug-likeness (QED) is 0.880. The molecule has 24 heavy (non-hydrogen) atoms. The monoisotopic (exact) mass is 369 g/mol. The number of amides is 1. The van der Waals surface area contributed by atoms with E-state index in [0.29, 0.717) is 18.3 Å². The summed E-state index contributed by atoms with van der Waals surface area (Å²) in [6.07, 6.45) is 3.86. The standard InChI is InChI=1S/C16H23N5OS.ClH/c1-12(2)20(10-14-4-3-9-23-14)16(22)15-11-21(19-18-15)13-5-7-17-8-6-13;/h3-4,9,11-13,17H,5-8,10H2,1-2H3;1H. The summed E-state index contributed by atoms with van der Waals surface area (Å²) in [6.45, 7) is 6.66. The van der Waals surface area contributed by atoms with Crippen LogP contribution >= 0.6 is 23.7 Å². The van der Waals surface area contributed by atoms with Gasteiger partial charge in [0.1, 0.15) is 0 Å². The molecule has 3 rings (SSSR count). The first-order valence-corrected chi connectivity index (χ1v) is 8.99. The van der Waals surface area contributed by atoms with E-state index in [0.717, 1.165) is 25.9 Å². The molecule has 0 spiro atoms. The van der Waals surface area contributed by atoms with E-state index in [4.69, 9.17) is 0 Å². The van der Waals surface area contributed by atoms with Crippen molar-refractivity contribution in [2.75, 3.05) is 13.1 Å². The molecule has 0 unspecified atom stereocenters. The van der Waals surface area contributed by atoms with E-state index < -0.39 is 0 Å². The molecular weight excluding hydrogens is 346 g/mol. The zero-order valence-electron chi connectivity index (χ0n) is 14.0. The first-order valence-electron chi connectivity index (χ1n) is 8.11. The van der Waals surface area contributed by atoms with Crippen LogP contribution in [0.1, 0.15) is 48.1 Å². The lowest BCUT2D eigenvalue weighted by molar-refractivity contribution is 0.0686. The zero-order valence-corrected chi connectivity index (χ0v) is 15.6. The van der Waals surface area contributed by atoms with Crippen LogP contribution in [0.5, 0.6) is 0 Å². The summed E-state index contributed by atoms with van der Waals surface area (Å²) < 4.78 is 1.86. The van der Waals surface area contributed by atoms with E-state index >= 15 is 0 Å². The highest BCUT2D eigenvalue weighted by Gasteiger charge is 2.24. The number of carbonyl (C=O) groups is 1. The van der Waals surface area contributed by atoms with E-state index in [1.165, 1.54) is 4.88 Å². The third kappa shape index (κ3) is 4.34. The van der Waals surface area contributed by atoms with Crippen molar-refractivity contribution in [2.24, 2.45) is 0 Å². The van der Waals surface area contributed by atoms with Gasteiger partial charge >= 0.3 is 0 Å². The molecule has 0 bridgehead atoms. The first kappa shape index (κ1) is 18.9. The fourth-order valence-electron chi connectivity index (χ4n) is 2.83. The molecule has 1 fully saturated rings. The van der Waals surface area contributed by atoms with Crippen LogP contribution < -0.4 is 5.32 Å². The Morgan fingerprint density at radius 2 is 2.21 bits per heavy atom. The predicted molar refractivity (Wildman–Crippen MR) is 97.7 cm³/mol. The summed E-state index contributed by atoms with van der Waals surface area (Å²) in [4.78, 5) is 15.8. The maximum absolute atomic E-state index is 12.8. The summed E-state index contributed by atoms with van der Waals surface area (Å²) in [7, 11) is 0. The maximum atomic E-state index is 12.8. The normalized spacial score (nSPS) is 15.3. The highest BCUT2D eigenvalue weighted by molar-refractivity contribution is 7.09. The molecule has 3 heterocycles. The van der Waals surface area contributed by atoms with Crippen LogP contribution in [-0.2, 0) is 6.54 Å². The topological polar surface area (TPSA) is 63.1 Å². The van der Waals surface area contributed by atoms with Crippen LogP contribution in [0.15, 0.2) is 23.7 Å². The van der Waals surface area contributed by atoms with Crippen molar-refractivity contribution in [3.8, 4) is 0 Å². The van der Waals surface area contributed by atoms with E-state index in [-0.39, 0.29) is 24.4 Å². The number of halogens is 1. The van der Waals surface area contributed by atoms with Crippen LogP contribution in [0, 0.1) is 0 Å². The Morgan fingerprint density at radius 1 is 1.46 bits per heavy atom. The maximum Gasteiger partial charge on any atom is 0.276 e. The molecule has 1 amide bonds. The summed E-state index contributed by atoms with van der Waals surface area (Å²) in [5.74, 6) is -0.0476. The van der Waals surface area contributed by atoms with Gasteiger partial charge in [-0.1, -0.05) is 11.3 Å². The zero-order chi connectivity index (χ0) is 16.2. The number of nitrogens with zero attached hydrogens (tertiary/aromatic N) is 4. The second-order valence-corrected chi connectivity index (χ2v) is 7.20. The van der Waals surface area contributed by atoms with E-state index in [9.17, 15) is 4.79 Å². The lowest BCUT2D eigenvalue weighted by Gasteiger charge is -2.25. The highest BCUT2D eigenvalue weighted by atomic mass is 35.5. The molecule has 132 valence electrons. The lowest BCUT2D eigenvalue weighted by Crippen LogP contribution is -2.36. The highest BCUT2D eigenvalue weighted by Crippen LogP contribution is 2.19. The molecule has 0 aromatic carbocycles. The molecule has 0 saturated carbocycles. The molecule has 8 heteroatoms. The Kier molecular flexibility index (Phi) is 6.77. The molecule has 2 aromatic rings. The molecule has 6 nitrogen and oxygen atoms in total. The summed E-state index contributed by atoms with van der Waals surface area (Å²) >= 11 is 1.67. The van der Waals surface area contributed by atoms with E-state index in [1.807, 2.05) is 41.1 Å². The molecule has 1 aliphatic rings. The van der Waals surface area contributed by atoms with Gasteiger partial charge in [-0.3, -0.25) is 4.79 Å². The van der Waals surface area contributed by atoms with E-state index in [1.54, 1.807) is 11.3 Å². The largest absolute Gasteiger partial charge is 0.330 e. The molecule has 2 aromatic heterocycles. The number of thiophene rings is 1. The van der Waals surface area contributed by atoms with Gasteiger partial charge in [0, 0.05) is 10.9 Å². The van der Waals surface area contributed by atoms with E-state index in [2.05, 4.69) is 21.7 Å². The minimum Gasteiger partial charge on any atom is -0.330 e. The van der Waals surface area contributed by atoms with Crippen LogP contribution in [0.4, 0.5) is 0 Å². The smallest absolute Gasteiger partial charge is 0.276 e. The van der Waals surface area contributed by atoms with Crippen molar-refractivity contribution in [1.82, 2.24) is 25.2 Å².